The molecule has 1 aromatic carbocycles. The van der Waals surface area contributed by atoms with Crippen LogP contribution in [0.25, 0.3) is 0 Å². The van der Waals surface area contributed by atoms with Gasteiger partial charge in [0.15, 0.2) is 0 Å². The zero-order valence-electron chi connectivity index (χ0n) is 8.86. The first-order chi connectivity index (χ1) is 7.16. The molecule has 2 aliphatic rings. The summed E-state index contributed by atoms with van der Waals surface area (Å²) in [6, 6.07) is 6.03. The van der Waals surface area contributed by atoms with Gasteiger partial charge in [0.05, 0.1) is 12.4 Å². The van der Waals surface area contributed by atoms with E-state index in [0.29, 0.717) is 0 Å². The SMILES string of the molecule is Cc1ccc(N)c(C)c1.c1nc2cnc1=2. The zero-order chi connectivity index (χ0) is 10.8. The lowest BCUT2D eigenvalue weighted by molar-refractivity contribution is 0.979. The van der Waals surface area contributed by atoms with Gasteiger partial charge in [-0.05, 0) is 25.5 Å². The molecular formula is C12H13N3. The average Bonchev–Trinajstić information content (AvgIpc) is 2.19. The van der Waals surface area contributed by atoms with Crippen molar-refractivity contribution < 1.29 is 0 Å². The lowest BCUT2D eigenvalue weighted by atomic mass is 10.1. The second-order valence-electron chi connectivity index (χ2n) is 3.65. The van der Waals surface area contributed by atoms with E-state index in [0.717, 1.165) is 21.9 Å². The standard InChI is InChI=1S/C8H11N.C4H2N2/c1-6-3-4-8(9)7(2)5-6;1-3-4(5-1)2-6-3/h3-5H,9H2,1-2H3;1-2H. The van der Waals surface area contributed by atoms with Crippen LogP contribution in [0.4, 0.5) is 5.69 Å². The van der Waals surface area contributed by atoms with Gasteiger partial charge in [0.1, 0.15) is 10.7 Å². The Morgan fingerprint density at radius 3 is 1.87 bits per heavy atom. The molecule has 0 fully saturated rings. The molecular weight excluding hydrogens is 186 g/mol. The molecule has 0 aliphatic carbocycles. The van der Waals surface area contributed by atoms with E-state index in [9.17, 15) is 0 Å². The highest BCUT2D eigenvalue weighted by atomic mass is 14.8. The van der Waals surface area contributed by atoms with Crippen molar-refractivity contribution in [1.82, 2.24) is 9.97 Å². The second-order valence-corrected chi connectivity index (χ2v) is 3.65. The van der Waals surface area contributed by atoms with E-state index in [1.807, 2.05) is 19.1 Å². The van der Waals surface area contributed by atoms with E-state index in [1.54, 1.807) is 12.4 Å². The van der Waals surface area contributed by atoms with Gasteiger partial charge in [0, 0.05) is 5.69 Å². The Morgan fingerprint density at radius 1 is 1.00 bits per heavy atom. The Labute approximate surface area is 88.3 Å². The smallest absolute Gasteiger partial charge is 0.109 e. The summed E-state index contributed by atoms with van der Waals surface area (Å²) < 4.78 is 0. The van der Waals surface area contributed by atoms with Crippen molar-refractivity contribution in [2.45, 2.75) is 13.8 Å². The molecule has 15 heavy (non-hydrogen) atoms. The number of hydrogen-bond donors (Lipinski definition) is 1. The molecule has 0 amide bonds. The molecule has 3 rings (SSSR count). The van der Waals surface area contributed by atoms with Gasteiger partial charge in [-0.25, -0.2) is 0 Å². The molecule has 0 bridgehead atoms. The Kier molecular flexibility index (Phi) is 2.37. The highest BCUT2D eigenvalue weighted by Gasteiger charge is 1.93. The number of rotatable bonds is 0. The van der Waals surface area contributed by atoms with Crippen molar-refractivity contribution >= 4 is 5.69 Å². The van der Waals surface area contributed by atoms with Crippen molar-refractivity contribution in [1.29, 1.82) is 0 Å². The minimum absolute atomic E-state index is 0.876. The summed E-state index contributed by atoms with van der Waals surface area (Å²) in [6.07, 6.45) is 3.52. The van der Waals surface area contributed by atoms with Crippen LogP contribution in [0, 0.1) is 24.5 Å². The van der Waals surface area contributed by atoms with Crippen molar-refractivity contribution in [2.24, 2.45) is 0 Å². The molecule has 2 aliphatic heterocycles. The molecule has 0 saturated carbocycles. The first kappa shape index (κ1) is 9.65. The summed E-state index contributed by atoms with van der Waals surface area (Å²) in [7, 11) is 0. The Bertz CT molecular complexity index is 525. The van der Waals surface area contributed by atoms with E-state index in [2.05, 4.69) is 23.0 Å². The Balaban J connectivity index is 0.000000121. The molecule has 3 heteroatoms. The molecule has 2 N–H and O–H groups in total. The van der Waals surface area contributed by atoms with Crippen LogP contribution >= 0.6 is 0 Å². The quantitative estimate of drug-likeness (QED) is 0.563. The number of aromatic nitrogens is 2. The Hall–Kier alpha value is -1.90. The lowest BCUT2D eigenvalue weighted by Gasteiger charge is -1.98. The van der Waals surface area contributed by atoms with Crippen molar-refractivity contribution in [3.05, 3.63) is 52.4 Å². The molecule has 0 radical (unpaired) electrons. The van der Waals surface area contributed by atoms with Gasteiger partial charge >= 0.3 is 0 Å². The largest absolute Gasteiger partial charge is 0.399 e. The fourth-order valence-corrected chi connectivity index (χ4v) is 1.29. The predicted octanol–water partition coefficient (Wildman–Crippen LogP) is 1.96. The minimum atomic E-state index is 0.876. The van der Waals surface area contributed by atoms with Crippen molar-refractivity contribution in [3.8, 4) is 0 Å². The van der Waals surface area contributed by atoms with Crippen LogP contribution in [0.3, 0.4) is 0 Å². The first-order valence-electron chi connectivity index (χ1n) is 4.82. The van der Waals surface area contributed by atoms with E-state index in [4.69, 9.17) is 5.73 Å². The number of nitrogen functional groups attached to an aromatic ring is 1. The molecule has 3 nitrogen and oxygen atoms in total. The predicted molar refractivity (Wildman–Crippen MR) is 60.0 cm³/mol. The maximum Gasteiger partial charge on any atom is 0.109 e. The van der Waals surface area contributed by atoms with Crippen LogP contribution in [0.5, 0.6) is 0 Å². The number of aryl methyl sites for hydroxylation is 2. The molecule has 0 unspecified atom stereocenters. The molecule has 0 aromatic heterocycles. The highest BCUT2D eigenvalue weighted by Crippen LogP contribution is 2.10. The number of nitrogens with two attached hydrogens (primary N) is 1. The highest BCUT2D eigenvalue weighted by molar-refractivity contribution is 5.47. The summed E-state index contributed by atoms with van der Waals surface area (Å²) in [6.45, 7) is 4.08. The summed E-state index contributed by atoms with van der Waals surface area (Å²) >= 11 is 0. The van der Waals surface area contributed by atoms with E-state index >= 15 is 0 Å². The van der Waals surface area contributed by atoms with E-state index in [-0.39, 0.29) is 0 Å². The number of nitrogens with zero attached hydrogens (tertiary/aromatic N) is 2. The average molecular weight is 199 g/mol. The topological polar surface area (TPSA) is 51.8 Å². The summed E-state index contributed by atoms with van der Waals surface area (Å²) in [5, 5.41) is 2.13. The maximum absolute atomic E-state index is 5.59. The molecule has 76 valence electrons. The van der Waals surface area contributed by atoms with Gasteiger partial charge < -0.3 is 5.73 Å². The van der Waals surface area contributed by atoms with Gasteiger partial charge in [-0.3, -0.25) is 9.97 Å². The molecule has 0 atom stereocenters. The number of anilines is 1. The monoisotopic (exact) mass is 199 g/mol. The van der Waals surface area contributed by atoms with Crippen LogP contribution in [0.15, 0.2) is 30.6 Å². The third-order valence-electron chi connectivity index (χ3n) is 2.34. The van der Waals surface area contributed by atoms with Gasteiger partial charge in [-0.15, -0.1) is 0 Å². The number of benzene rings is 1. The molecule has 1 aromatic rings. The molecule has 0 spiro atoms. The maximum atomic E-state index is 5.59. The van der Waals surface area contributed by atoms with Gasteiger partial charge in [-0.1, -0.05) is 17.7 Å². The fraction of sp³-hybridized carbons (Fsp3) is 0.167. The van der Waals surface area contributed by atoms with Gasteiger partial charge in [0.25, 0.3) is 0 Å². The second kappa shape index (κ2) is 3.69. The zero-order valence-corrected chi connectivity index (χ0v) is 8.86. The summed E-state index contributed by atoms with van der Waals surface area (Å²) in [4.78, 5) is 7.69. The van der Waals surface area contributed by atoms with E-state index < -0.39 is 0 Å². The molecule has 0 saturated heterocycles. The van der Waals surface area contributed by atoms with Gasteiger partial charge in [0.2, 0.25) is 0 Å². The summed E-state index contributed by atoms with van der Waals surface area (Å²) in [5.74, 6) is 0. The first-order valence-corrected chi connectivity index (χ1v) is 4.82. The fourth-order valence-electron chi connectivity index (χ4n) is 1.29. The van der Waals surface area contributed by atoms with E-state index in [1.165, 1.54) is 5.56 Å². The Morgan fingerprint density at radius 2 is 1.60 bits per heavy atom. The summed E-state index contributed by atoms with van der Waals surface area (Å²) in [5.41, 5.74) is 8.89. The van der Waals surface area contributed by atoms with Crippen LogP contribution in [-0.4, -0.2) is 9.97 Å². The van der Waals surface area contributed by atoms with Crippen molar-refractivity contribution in [3.63, 3.8) is 0 Å². The minimum Gasteiger partial charge on any atom is -0.399 e. The van der Waals surface area contributed by atoms with Crippen LogP contribution in [-0.2, 0) is 0 Å². The van der Waals surface area contributed by atoms with Crippen LogP contribution in [0.2, 0.25) is 0 Å². The van der Waals surface area contributed by atoms with Crippen LogP contribution < -0.4 is 5.73 Å². The van der Waals surface area contributed by atoms with Gasteiger partial charge in [-0.2, -0.15) is 0 Å². The van der Waals surface area contributed by atoms with Crippen LogP contribution in [0.1, 0.15) is 11.1 Å². The lowest BCUT2D eigenvalue weighted by Crippen LogP contribution is -1.94. The number of hydrogen-bond acceptors (Lipinski definition) is 3. The normalized spacial score (nSPS) is 10.3. The van der Waals surface area contributed by atoms with Crippen molar-refractivity contribution in [2.75, 3.05) is 5.73 Å². The third-order valence-corrected chi connectivity index (χ3v) is 2.34. The third kappa shape index (κ3) is 1.96. The molecule has 2 heterocycles.